The number of aliphatic carboxylic acids is 1. The molecule has 1 aromatic carbocycles. The number of carboxylic acid groups (broad SMARTS) is 1. The molecule has 96 valence electrons. The lowest BCUT2D eigenvalue weighted by Crippen LogP contribution is -2.02. The maximum absolute atomic E-state index is 10.8. The van der Waals surface area contributed by atoms with Crippen LogP contribution in [0, 0.1) is 0 Å². The van der Waals surface area contributed by atoms with Crippen molar-refractivity contribution in [2.24, 2.45) is 0 Å². The van der Waals surface area contributed by atoms with Crippen LogP contribution in [0.25, 0.3) is 10.9 Å². The molecule has 0 radical (unpaired) electrons. The first-order valence-corrected chi connectivity index (χ1v) is 6.41. The summed E-state index contributed by atoms with van der Waals surface area (Å²) < 4.78 is 2.11. The van der Waals surface area contributed by atoms with Crippen LogP contribution in [-0.2, 0) is 11.3 Å². The highest BCUT2D eigenvalue weighted by atomic mass is 35.5. The Balaban J connectivity index is 2.60. The molecule has 0 aliphatic rings. The number of carbonyl (C=O) groups is 1. The Kier molecular flexibility index (Phi) is 3.62. The van der Waals surface area contributed by atoms with Gasteiger partial charge in [0, 0.05) is 23.6 Å². The van der Waals surface area contributed by atoms with Crippen molar-refractivity contribution in [3.8, 4) is 0 Å². The highest BCUT2D eigenvalue weighted by molar-refractivity contribution is 6.35. The molecule has 0 aliphatic carbocycles. The fraction of sp³-hybridized carbons (Fsp3) is 0.357. The maximum Gasteiger partial charge on any atom is 0.303 e. The van der Waals surface area contributed by atoms with E-state index in [2.05, 4.69) is 11.5 Å². The molecular formula is C14H16ClNO2. The van der Waals surface area contributed by atoms with Gasteiger partial charge in [0.25, 0.3) is 0 Å². The van der Waals surface area contributed by atoms with Gasteiger partial charge in [-0.1, -0.05) is 24.6 Å². The van der Waals surface area contributed by atoms with Crippen molar-refractivity contribution in [2.45, 2.75) is 32.7 Å². The Labute approximate surface area is 111 Å². The summed E-state index contributed by atoms with van der Waals surface area (Å²) in [4.78, 5) is 10.8. The minimum absolute atomic E-state index is 0.0438. The summed E-state index contributed by atoms with van der Waals surface area (Å²) in [6.07, 6.45) is 2.14. The van der Waals surface area contributed by atoms with Gasteiger partial charge >= 0.3 is 5.97 Å². The molecule has 0 amide bonds. The Hall–Kier alpha value is -1.48. The standard InChI is InChI=1S/C14H16ClNO2/c1-3-16-8-10(9(2)7-13(17)18)14-11(15)5-4-6-12(14)16/h4-6,8-9H,3,7H2,1-2H3,(H,17,18). The fourth-order valence-electron chi connectivity index (χ4n) is 2.35. The minimum atomic E-state index is -0.785. The zero-order valence-electron chi connectivity index (χ0n) is 10.5. The van der Waals surface area contributed by atoms with Crippen molar-refractivity contribution >= 4 is 28.5 Å². The molecule has 1 atom stereocenters. The first-order chi connectivity index (χ1) is 8.54. The SMILES string of the molecule is CCn1cc(C(C)CC(=O)O)c2c(Cl)cccc21. The summed E-state index contributed by atoms with van der Waals surface area (Å²) in [7, 11) is 0. The normalized spacial score (nSPS) is 12.8. The number of carboxylic acids is 1. The second-order valence-electron chi connectivity index (χ2n) is 4.50. The second kappa shape index (κ2) is 5.02. The monoisotopic (exact) mass is 265 g/mol. The quantitative estimate of drug-likeness (QED) is 0.911. The van der Waals surface area contributed by atoms with Crippen LogP contribution in [-0.4, -0.2) is 15.6 Å². The van der Waals surface area contributed by atoms with E-state index in [1.807, 2.05) is 31.3 Å². The molecule has 2 rings (SSSR count). The number of benzene rings is 1. The second-order valence-corrected chi connectivity index (χ2v) is 4.91. The van der Waals surface area contributed by atoms with Crippen molar-refractivity contribution in [1.29, 1.82) is 0 Å². The third kappa shape index (κ3) is 2.23. The lowest BCUT2D eigenvalue weighted by molar-refractivity contribution is -0.137. The van der Waals surface area contributed by atoms with Crippen LogP contribution in [0.3, 0.4) is 0 Å². The van der Waals surface area contributed by atoms with Crippen molar-refractivity contribution in [3.05, 3.63) is 35.0 Å². The largest absolute Gasteiger partial charge is 0.481 e. The summed E-state index contributed by atoms with van der Waals surface area (Å²) in [6.45, 7) is 4.83. The van der Waals surface area contributed by atoms with Gasteiger partial charge < -0.3 is 9.67 Å². The Morgan fingerprint density at radius 2 is 2.22 bits per heavy atom. The molecule has 1 N–H and O–H groups in total. The van der Waals surface area contributed by atoms with E-state index in [9.17, 15) is 4.79 Å². The summed E-state index contributed by atoms with van der Waals surface area (Å²) in [5.41, 5.74) is 2.08. The van der Waals surface area contributed by atoms with Crippen LogP contribution in [0.15, 0.2) is 24.4 Å². The molecule has 0 saturated heterocycles. The van der Waals surface area contributed by atoms with Gasteiger partial charge in [0.15, 0.2) is 0 Å². The number of aromatic nitrogens is 1. The minimum Gasteiger partial charge on any atom is -0.481 e. The van der Waals surface area contributed by atoms with Gasteiger partial charge in [-0.15, -0.1) is 0 Å². The Bertz CT molecular complexity index is 589. The summed E-state index contributed by atoms with van der Waals surface area (Å²) in [5, 5.41) is 10.6. The zero-order valence-corrected chi connectivity index (χ0v) is 11.2. The number of aryl methyl sites for hydroxylation is 1. The first kappa shape index (κ1) is 13.0. The van der Waals surface area contributed by atoms with E-state index in [-0.39, 0.29) is 12.3 Å². The van der Waals surface area contributed by atoms with Crippen LogP contribution in [0.1, 0.15) is 31.7 Å². The average molecular weight is 266 g/mol. The van der Waals surface area contributed by atoms with Gasteiger partial charge in [0.1, 0.15) is 0 Å². The first-order valence-electron chi connectivity index (χ1n) is 6.03. The lowest BCUT2D eigenvalue weighted by atomic mass is 9.97. The molecule has 18 heavy (non-hydrogen) atoms. The molecule has 3 nitrogen and oxygen atoms in total. The molecule has 1 aromatic heterocycles. The highest BCUT2D eigenvalue weighted by Crippen LogP contribution is 2.34. The van der Waals surface area contributed by atoms with E-state index in [1.54, 1.807) is 0 Å². The molecule has 2 aromatic rings. The van der Waals surface area contributed by atoms with Gasteiger partial charge in [-0.2, -0.15) is 0 Å². The number of nitrogens with zero attached hydrogens (tertiary/aromatic N) is 1. The van der Waals surface area contributed by atoms with Crippen molar-refractivity contribution in [2.75, 3.05) is 0 Å². The molecule has 0 spiro atoms. The lowest BCUT2D eigenvalue weighted by Gasteiger charge is -2.07. The Morgan fingerprint density at radius 1 is 1.50 bits per heavy atom. The topological polar surface area (TPSA) is 42.2 Å². The van der Waals surface area contributed by atoms with Gasteiger partial charge in [0.2, 0.25) is 0 Å². The molecule has 0 bridgehead atoms. The smallest absolute Gasteiger partial charge is 0.303 e. The molecule has 1 heterocycles. The predicted molar refractivity (Wildman–Crippen MR) is 73.3 cm³/mol. The van der Waals surface area contributed by atoms with Crippen LogP contribution in [0.2, 0.25) is 5.02 Å². The van der Waals surface area contributed by atoms with Crippen molar-refractivity contribution in [3.63, 3.8) is 0 Å². The molecule has 4 heteroatoms. The molecule has 0 aliphatic heterocycles. The van der Waals surface area contributed by atoms with Crippen LogP contribution in [0.5, 0.6) is 0 Å². The van der Waals surface area contributed by atoms with Gasteiger partial charge in [-0.25, -0.2) is 0 Å². The number of fused-ring (bicyclic) bond motifs is 1. The maximum atomic E-state index is 10.8. The Morgan fingerprint density at radius 3 is 2.83 bits per heavy atom. The van der Waals surface area contributed by atoms with Gasteiger partial charge in [-0.05, 0) is 30.5 Å². The molecule has 0 fully saturated rings. The zero-order chi connectivity index (χ0) is 13.3. The predicted octanol–water partition coefficient (Wildman–Crippen LogP) is 3.89. The van der Waals surface area contributed by atoms with E-state index in [1.165, 1.54) is 0 Å². The van der Waals surface area contributed by atoms with Crippen molar-refractivity contribution in [1.82, 2.24) is 4.57 Å². The van der Waals surface area contributed by atoms with Gasteiger partial charge in [-0.3, -0.25) is 4.79 Å². The fourth-order valence-corrected chi connectivity index (χ4v) is 2.63. The third-order valence-corrected chi connectivity index (χ3v) is 3.55. The van der Waals surface area contributed by atoms with Crippen LogP contribution < -0.4 is 0 Å². The van der Waals surface area contributed by atoms with E-state index in [4.69, 9.17) is 16.7 Å². The summed E-state index contributed by atoms with van der Waals surface area (Å²) >= 11 is 6.25. The van der Waals surface area contributed by atoms with E-state index < -0.39 is 5.97 Å². The number of rotatable bonds is 4. The highest BCUT2D eigenvalue weighted by Gasteiger charge is 2.18. The average Bonchev–Trinajstić information content (AvgIpc) is 2.68. The van der Waals surface area contributed by atoms with E-state index in [0.717, 1.165) is 23.0 Å². The van der Waals surface area contributed by atoms with Crippen LogP contribution in [0.4, 0.5) is 0 Å². The number of halogens is 1. The molecule has 1 unspecified atom stereocenters. The number of hydrogen-bond donors (Lipinski definition) is 1. The number of hydrogen-bond acceptors (Lipinski definition) is 1. The molecular weight excluding hydrogens is 250 g/mol. The third-order valence-electron chi connectivity index (χ3n) is 3.24. The van der Waals surface area contributed by atoms with Crippen molar-refractivity contribution < 1.29 is 9.90 Å². The molecule has 0 saturated carbocycles. The van der Waals surface area contributed by atoms with E-state index >= 15 is 0 Å². The van der Waals surface area contributed by atoms with E-state index in [0.29, 0.717) is 5.02 Å². The van der Waals surface area contributed by atoms with Crippen LogP contribution >= 0.6 is 11.6 Å². The van der Waals surface area contributed by atoms with Gasteiger partial charge in [0.05, 0.1) is 11.4 Å². The summed E-state index contributed by atoms with van der Waals surface area (Å²) in [5.74, 6) is -0.829. The summed E-state index contributed by atoms with van der Waals surface area (Å²) in [6, 6.07) is 5.78.